The maximum Gasteiger partial charge on any atom is 0.307 e. The summed E-state index contributed by atoms with van der Waals surface area (Å²) in [4.78, 5) is 24.3. The SMILES string of the molecule is CN(CCC#N)C(=O)C1CCCC1C(=O)O. The van der Waals surface area contributed by atoms with Crippen LogP contribution in [0.15, 0.2) is 0 Å². The van der Waals surface area contributed by atoms with Crippen LogP contribution < -0.4 is 0 Å². The molecule has 0 radical (unpaired) electrons. The molecule has 5 nitrogen and oxygen atoms in total. The quantitative estimate of drug-likeness (QED) is 0.767. The molecule has 0 aromatic carbocycles. The summed E-state index contributed by atoms with van der Waals surface area (Å²) in [6.07, 6.45) is 2.30. The zero-order valence-corrected chi connectivity index (χ0v) is 9.35. The second-order valence-electron chi connectivity index (χ2n) is 4.15. The number of carbonyl (C=O) groups excluding carboxylic acids is 1. The topological polar surface area (TPSA) is 81.4 Å². The Morgan fingerprint density at radius 1 is 1.44 bits per heavy atom. The molecule has 0 spiro atoms. The summed E-state index contributed by atoms with van der Waals surface area (Å²) in [5.41, 5.74) is 0. The second-order valence-corrected chi connectivity index (χ2v) is 4.15. The average Bonchev–Trinajstić information content (AvgIpc) is 2.73. The van der Waals surface area contributed by atoms with Gasteiger partial charge in [0.2, 0.25) is 5.91 Å². The van der Waals surface area contributed by atoms with Crippen molar-refractivity contribution in [2.45, 2.75) is 25.7 Å². The number of nitrogens with zero attached hydrogens (tertiary/aromatic N) is 2. The zero-order chi connectivity index (χ0) is 12.1. The van der Waals surface area contributed by atoms with E-state index in [9.17, 15) is 9.59 Å². The summed E-state index contributed by atoms with van der Waals surface area (Å²) >= 11 is 0. The fourth-order valence-electron chi connectivity index (χ4n) is 2.16. The van der Waals surface area contributed by atoms with Crippen LogP contribution in [-0.2, 0) is 9.59 Å². The fourth-order valence-corrected chi connectivity index (χ4v) is 2.16. The first-order valence-corrected chi connectivity index (χ1v) is 5.42. The molecule has 1 aliphatic carbocycles. The van der Waals surface area contributed by atoms with Crippen molar-refractivity contribution < 1.29 is 14.7 Å². The third-order valence-corrected chi connectivity index (χ3v) is 3.09. The van der Waals surface area contributed by atoms with Gasteiger partial charge in [0, 0.05) is 13.6 Å². The first kappa shape index (κ1) is 12.5. The number of amides is 1. The molecule has 0 heterocycles. The lowest BCUT2D eigenvalue weighted by Crippen LogP contribution is -2.37. The van der Waals surface area contributed by atoms with E-state index < -0.39 is 17.8 Å². The van der Waals surface area contributed by atoms with Crippen LogP contribution in [-0.4, -0.2) is 35.5 Å². The minimum absolute atomic E-state index is 0.139. The smallest absolute Gasteiger partial charge is 0.307 e. The fraction of sp³-hybridized carbons (Fsp3) is 0.727. The van der Waals surface area contributed by atoms with Gasteiger partial charge in [0.1, 0.15) is 0 Å². The molecular weight excluding hydrogens is 208 g/mol. The Kier molecular flexibility index (Phi) is 4.29. The van der Waals surface area contributed by atoms with E-state index in [0.29, 0.717) is 19.4 Å². The molecule has 0 bridgehead atoms. The van der Waals surface area contributed by atoms with Crippen molar-refractivity contribution in [3.05, 3.63) is 0 Å². The van der Waals surface area contributed by atoms with Crippen molar-refractivity contribution in [2.24, 2.45) is 11.8 Å². The lowest BCUT2D eigenvalue weighted by molar-refractivity contribution is -0.148. The molecule has 1 aliphatic rings. The van der Waals surface area contributed by atoms with Gasteiger partial charge in [-0.25, -0.2) is 0 Å². The first-order chi connectivity index (χ1) is 7.57. The Bertz CT molecular complexity index is 322. The van der Waals surface area contributed by atoms with Crippen molar-refractivity contribution in [1.29, 1.82) is 5.26 Å². The van der Waals surface area contributed by atoms with Crippen LogP contribution in [0.25, 0.3) is 0 Å². The van der Waals surface area contributed by atoms with Gasteiger partial charge in [0.15, 0.2) is 0 Å². The van der Waals surface area contributed by atoms with E-state index in [1.54, 1.807) is 7.05 Å². The number of carboxylic acid groups (broad SMARTS) is 1. The Hall–Kier alpha value is -1.57. The van der Waals surface area contributed by atoms with Crippen LogP contribution in [0.1, 0.15) is 25.7 Å². The Labute approximate surface area is 94.7 Å². The van der Waals surface area contributed by atoms with Crippen molar-refractivity contribution in [3.8, 4) is 6.07 Å². The molecule has 1 rings (SSSR count). The number of aliphatic carboxylic acids is 1. The molecule has 2 atom stereocenters. The lowest BCUT2D eigenvalue weighted by Gasteiger charge is -2.22. The minimum atomic E-state index is -0.885. The van der Waals surface area contributed by atoms with Crippen LogP contribution in [0.3, 0.4) is 0 Å². The van der Waals surface area contributed by atoms with E-state index in [2.05, 4.69) is 0 Å². The van der Waals surface area contributed by atoms with Crippen molar-refractivity contribution in [1.82, 2.24) is 4.90 Å². The van der Waals surface area contributed by atoms with Gasteiger partial charge in [-0.3, -0.25) is 9.59 Å². The third kappa shape index (κ3) is 2.72. The molecule has 2 unspecified atom stereocenters. The molecular formula is C11H16N2O3. The van der Waals surface area contributed by atoms with Crippen LogP contribution in [0.4, 0.5) is 0 Å². The molecule has 1 amide bonds. The van der Waals surface area contributed by atoms with Crippen LogP contribution in [0.5, 0.6) is 0 Å². The van der Waals surface area contributed by atoms with Gasteiger partial charge in [-0.1, -0.05) is 6.42 Å². The van der Waals surface area contributed by atoms with E-state index in [-0.39, 0.29) is 12.3 Å². The molecule has 88 valence electrons. The monoisotopic (exact) mass is 224 g/mol. The molecule has 16 heavy (non-hydrogen) atoms. The highest BCUT2D eigenvalue weighted by molar-refractivity contribution is 5.85. The number of rotatable bonds is 4. The standard InChI is InChI=1S/C11H16N2O3/c1-13(7-3-6-12)10(14)8-4-2-5-9(8)11(15)16/h8-9H,2-5,7H2,1H3,(H,15,16). The predicted molar refractivity (Wildman–Crippen MR) is 56.3 cm³/mol. The van der Waals surface area contributed by atoms with Crippen molar-refractivity contribution in [3.63, 3.8) is 0 Å². The van der Waals surface area contributed by atoms with Gasteiger partial charge in [-0.2, -0.15) is 5.26 Å². The molecule has 5 heteroatoms. The number of hydrogen-bond donors (Lipinski definition) is 1. The molecule has 0 aromatic heterocycles. The van der Waals surface area contributed by atoms with Crippen molar-refractivity contribution in [2.75, 3.05) is 13.6 Å². The van der Waals surface area contributed by atoms with Gasteiger partial charge in [-0.15, -0.1) is 0 Å². The summed E-state index contributed by atoms with van der Waals surface area (Å²) in [5.74, 6) is -1.97. The maximum absolute atomic E-state index is 11.9. The summed E-state index contributed by atoms with van der Waals surface area (Å²) in [6.45, 7) is 0.373. The largest absolute Gasteiger partial charge is 0.481 e. The summed E-state index contributed by atoms with van der Waals surface area (Å²) in [7, 11) is 1.62. The predicted octanol–water partition coefficient (Wildman–Crippen LogP) is 0.859. The van der Waals surface area contributed by atoms with Gasteiger partial charge in [0.05, 0.1) is 24.3 Å². The second kappa shape index (κ2) is 5.50. The highest BCUT2D eigenvalue weighted by Crippen LogP contribution is 2.33. The van der Waals surface area contributed by atoms with Gasteiger partial charge in [0.25, 0.3) is 0 Å². The van der Waals surface area contributed by atoms with Gasteiger partial charge in [-0.05, 0) is 12.8 Å². The minimum Gasteiger partial charge on any atom is -0.481 e. The summed E-state index contributed by atoms with van der Waals surface area (Å²) in [5, 5.41) is 17.4. The molecule has 1 fully saturated rings. The Morgan fingerprint density at radius 3 is 2.62 bits per heavy atom. The molecule has 0 aliphatic heterocycles. The highest BCUT2D eigenvalue weighted by Gasteiger charge is 2.38. The van der Waals surface area contributed by atoms with E-state index in [1.807, 2.05) is 6.07 Å². The molecule has 1 saturated carbocycles. The average molecular weight is 224 g/mol. The summed E-state index contributed by atoms with van der Waals surface area (Å²) < 4.78 is 0. The highest BCUT2D eigenvalue weighted by atomic mass is 16.4. The molecule has 1 N–H and O–H groups in total. The number of carboxylic acids is 1. The van der Waals surface area contributed by atoms with E-state index in [0.717, 1.165) is 6.42 Å². The summed E-state index contributed by atoms with van der Waals surface area (Å²) in [6, 6.07) is 1.97. The third-order valence-electron chi connectivity index (χ3n) is 3.09. The van der Waals surface area contributed by atoms with Gasteiger partial charge < -0.3 is 10.0 Å². The Balaban J connectivity index is 2.59. The van der Waals surface area contributed by atoms with Crippen molar-refractivity contribution >= 4 is 11.9 Å². The lowest BCUT2D eigenvalue weighted by atomic mass is 9.95. The molecule has 0 saturated heterocycles. The number of carbonyl (C=O) groups is 2. The first-order valence-electron chi connectivity index (χ1n) is 5.42. The number of hydrogen-bond acceptors (Lipinski definition) is 3. The number of nitriles is 1. The van der Waals surface area contributed by atoms with E-state index in [4.69, 9.17) is 10.4 Å². The zero-order valence-electron chi connectivity index (χ0n) is 9.35. The maximum atomic E-state index is 11.9. The normalized spacial score (nSPS) is 23.8. The van der Waals surface area contributed by atoms with E-state index >= 15 is 0 Å². The van der Waals surface area contributed by atoms with Crippen LogP contribution in [0, 0.1) is 23.2 Å². The van der Waals surface area contributed by atoms with Crippen LogP contribution in [0.2, 0.25) is 0 Å². The van der Waals surface area contributed by atoms with E-state index in [1.165, 1.54) is 4.90 Å². The molecule has 0 aromatic rings. The van der Waals surface area contributed by atoms with Gasteiger partial charge >= 0.3 is 5.97 Å². The Morgan fingerprint density at radius 2 is 2.06 bits per heavy atom. The van der Waals surface area contributed by atoms with Crippen LogP contribution >= 0.6 is 0 Å².